The van der Waals surface area contributed by atoms with Gasteiger partial charge in [-0.15, -0.1) is 0 Å². The van der Waals surface area contributed by atoms with Crippen LogP contribution in [0.1, 0.15) is 31.2 Å². The molecule has 1 saturated carbocycles. The van der Waals surface area contributed by atoms with Gasteiger partial charge < -0.3 is 15.3 Å². The highest BCUT2D eigenvalue weighted by Gasteiger charge is 2.31. The molecule has 0 radical (unpaired) electrons. The van der Waals surface area contributed by atoms with Crippen LogP contribution in [0.5, 0.6) is 0 Å². The predicted octanol–water partition coefficient (Wildman–Crippen LogP) is 1.71. The summed E-state index contributed by atoms with van der Waals surface area (Å²) in [7, 11) is 0. The van der Waals surface area contributed by atoms with Crippen LogP contribution in [0.2, 0.25) is 0 Å². The molecule has 6 heteroatoms. The minimum absolute atomic E-state index is 0.0824. The zero-order chi connectivity index (χ0) is 17.6. The Balaban J connectivity index is 1.52. The molecule has 3 rings (SSSR count). The average Bonchev–Trinajstić information content (AvgIpc) is 2.64. The first-order valence-electron chi connectivity index (χ1n) is 9.07. The highest BCUT2D eigenvalue weighted by atomic mass is 16.3. The van der Waals surface area contributed by atoms with Gasteiger partial charge in [0.2, 0.25) is 0 Å². The summed E-state index contributed by atoms with van der Waals surface area (Å²) in [5.41, 5.74) is 1.18. The number of carbonyl (C=O) groups is 1. The number of amides is 2. The summed E-state index contributed by atoms with van der Waals surface area (Å²) >= 11 is 0. The molecule has 0 bridgehead atoms. The summed E-state index contributed by atoms with van der Waals surface area (Å²) in [6.45, 7) is 2.50. The third kappa shape index (κ3) is 4.71. The summed E-state index contributed by atoms with van der Waals surface area (Å²) in [5.74, 6) is 0. The number of hydrogen-bond acceptors (Lipinski definition) is 4. The highest BCUT2D eigenvalue weighted by Crippen LogP contribution is 2.19. The summed E-state index contributed by atoms with van der Waals surface area (Å²) < 4.78 is 0. The monoisotopic (exact) mass is 342 g/mol. The van der Waals surface area contributed by atoms with Gasteiger partial charge in [0, 0.05) is 25.7 Å². The maximum Gasteiger partial charge on any atom is 0.317 e. The Hall–Kier alpha value is -2.10. The summed E-state index contributed by atoms with van der Waals surface area (Å²) in [4.78, 5) is 16.4. The Morgan fingerprint density at radius 2 is 1.92 bits per heavy atom. The van der Waals surface area contributed by atoms with E-state index in [0.29, 0.717) is 19.6 Å². The van der Waals surface area contributed by atoms with Crippen molar-refractivity contribution in [2.45, 2.75) is 50.4 Å². The highest BCUT2D eigenvalue weighted by molar-refractivity contribution is 5.74. The van der Waals surface area contributed by atoms with Crippen molar-refractivity contribution in [1.29, 1.82) is 5.26 Å². The zero-order valence-corrected chi connectivity index (χ0v) is 14.5. The quantitative estimate of drug-likeness (QED) is 0.876. The van der Waals surface area contributed by atoms with E-state index in [0.717, 1.165) is 32.2 Å². The first-order valence-corrected chi connectivity index (χ1v) is 9.07. The number of nitrogens with one attached hydrogen (secondary N) is 1. The van der Waals surface area contributed by atoms with Gasteiger partial charge in [-0.25, -0.2) is 4.79 Å². The fraction of sp³-hybridized carbons (Fsp3) is 0.579. The van der Waals surface area contributed by atoms with Crippen LogP contribution in [0, 0.1) is 11.3 Å². The van der Waals surface area contributed by atoms with Crippen LogP contribution in [-0.2, 0) is 6.54 Å². The fourth-order valence-corrected chi connectivity index (χ4v) is 3.62. The van der Waals surface area contributed by atoms with Crippen molar-refractivity contribution in [1.82, 2.24) is 15.1 Å². The molecule has 25 heavy (non-hydrogen) atoms. The van der Waals surface area contributed by atoms with E-state index in [1.54, 1.807) is 4.90 Å². The topological polar surface area (TPSA) is 79.6 Å². The Morgan fingerprint density at radius 3 is 2.60 bits per heavy atom. The van der Waals surface area contributed by atoms with E-state index in [9.17, 15) is 15.2 Å². The largest absolute Gasteiger partial charge is 0.393 e. The molecular weight excluding hydrogens is 316 g/mol. The molecule has 2 fully saturated rings. The van der Waals surface area contributed by atoms with Gasteiger partial charge in [0.25, 0.3) is 0 Å². The molecule has 2 N–H and O–H groups in total. The molecule has 0 spiro atoms. The van der Waals surface area contributed by atoms with E-state index < -0.39 is 0 Å². The number of nitriles is 1. The Kier molecular flexibility index (Phi) is 5.90. The Morgan fingerprint density at radius 1 is 1.20 bits per heavy atom. The van der Waals surface area contributed by atoms with Crippen molar-refractivity contribution in [3.63, 3.8) is 0 Å². The smallest absolute Gasteiger partial charge is 0.317 e. The number of aliphatic hydroxyl groups is 1. The van der Waals surface area contributed by atoms with Crippen molar-refractivity contribution >= 4 is 6.03 Å². The molecule has 1 heterocycles. The number of carbonyl (C=O) groups excluding carboxylic acids is 1. The van der Waals surface area contributed by atoms with Crippen molar-refractivity contribution in [2.24, 2.45) is 0 Å². The van der Waals surface area contributed by atoms with Crippen molar-refractivity contribution in [3.05, 3.63) is 35.9 Å². The summed E-state index contributed by atoms with van der Waals surface area (Å²) in [5, 5.41) is 22.1. The molecule has 2 aliphatic rings. The van der Waals surface area contributed by atoms with E-state index in [2.05, 4.69) is 28.4 Å². The molecule has 1 unspecified atom stereocenters. The molecule has 1 aliphatic heterocycles. The standard InChI is InChI=1S/C19H26N4O2/c20-12-17-14-23(19(25)21-16-6-8-18(24)9-7-16)11-10-22(17)13-15-4-2-1-3-5-15/h1-5,16-18,24H,6-11,13-14H2,(H,21,25). The van der Waals surface area contributed by atoms with Gasteiger partial charge in [-0.3, -0.25) is 4.90 Å². The Bertz CT molecular complexity index is 608. The van der Waals surface area contributed by atoms with E-state index >= 15 is 0 Å². The molecule has 1 aliphatic carbocycles. The molecule has 2 amide bonds. The maximum absolute atomic E-state index is 12.5. The van der Waals surface area contributed by atoms with Gasteiger partial charge in [0.1, 0.15) is 6.04 Å². The van der Waals surface area contributed by atoms with Crippen LogP contribution in [-0.4, -0.2) is 58.8 Å². The zero-order valence-electron chi connectivity index (χ0n) is 14.5. The van der Waals surface area contributed by atoms with Crippen molar-refractivity contribution in [2.75, 3.05) is 19.6 Å². The second-order valence-corrected chi connectivity index (χ2v) is 7.00. The lowest BCUT2D eigenvalue weighted by molar-refractivity contribution is 0.0975. The number of nitrogens with zero attached hydrogens (tertiary/aromatic N) is 3. The normalized spacial score (nSPS) is 27.5. The van der Waals surface area contributed by atoms with E-state index in [4.69, 9.17) is 0 Å². The predicted molar refractivity (Wildman–Crippen MR) is 94.6 cm³/mol. The van der Waals surface area contributed by atoms with E-state index in [1.165, 1.54) is 5.56 Å². The van der Waals surface area contributed by atoms with Crippen molar-refractivity contribution in [3.8, 4) is 6.07 Å². The second kappa shape index (κ2) is 8.32. The van der Waals surface area contributed by atoms with Crippen LogP contribution in [0.15, 0.2) is 30.3 Å². The van der Waals surface area contributed by atoms with Crippen LogP contribution < -0.4 is 5.32 Å². The number of hydrogen-bond donors (Lipinski definition) is 2. The van der Waals surface area contributed by atoms with Crippen LogP contribution in [0.4, 0.5) is 4.79 Å². The van der Waals surface area contributed by atoms with Crippen LogP contribution in [0.3, 0.4) is 0 Å². The Labute approximate surface area is 149 Å². The minimum Gasteiger partial charge on any atom is -0.393 e. The first kappa shape index (κ1) is 17.7. The van der Waals surface area contributed by atoms with Gasteiger partial charge >= 0.3 is 6.03 Å². The number of rotatable bonds is 3. The van der Waals surface area contributed by atoms with Crippen LogP contribution in [0.25, 0.3) is 0 Å². The van der Waals surface area contributed by atoms with Crippen LogP contribution >= 0.6 is 0 Å². The number of benzene rings is 1. The third-order valence-electron chi connectivity index (χ3n) is 5.18. The second-order valence-electron chi connectivity index (χ2n) is 7.00. The number of piperazine rings is 1. The summed E-state index contributed by atoms with van der Waals surface area (Å²) in [6.07, 6.45) is 2.91. The molecular formula is C19H26N4O2. The minimum atomic E-state index is -0.284. The molecule has 1 saturated heterocycles. The third-order valence-corrected chi connectivity index (χ3v) is 5.18. The van der Waals surface area contributed by atoms with Gasteiger partial charge in [-0.1, -0.05) is 30.3 Å². The lowest BCUT2D eigenvalue weighted by Crippen LogP contribution is -2.57. The van der Waals surface area contributed by atoms with Gasteiger partial charge in [-0.05, 0) is 31.2 Å². The maximum atomic E-state index is 12.5. The lowest BCUT2D eigenvalue weighted by Gasteiger charge is -2.39. The molecule has 1 aromatic carbocycles. The average molecular weight is 342 g/mol. The number of urea groups is 1. The molecule has 1 atom stereocenters. The molecule has 6 nitrogen and oxygen atoms in total. The SMILES string of the molecule is N#CC1CN(C(=O)NC2CCC(O)CC2)CCN1Cc1ccccc1. The summed E-state index contributed by atoms with van der Waals surface area (Å²) in [6, 6.07) is 12.2. The van der Waals surface area contributed by atoms with Gasteiger partial charge in [0.05, 0.1) is 18.7 Å². The van der Waals surface area contributed by atoms with Gasteiger partial charge in [-0.2, -0.15) is 5.26 Å². The fourth-order valence-electron chi connectivity index (χ4n) is 3.62. The molecule has 1 aromatic rings. The van der Waals surface area contributed by atoms with E-state index in [-0.39, 0.29) is 24.2 Å². The first-order chi connectivity index (χ1) is 12.2. The molecule has 0 aromatic heterocycles. The van der Waals surface area contributed by atoms with E-state index in [1.807, 2.05) is 18.2 Å². The molecule has 134 valence electrons. The lowest BCUT2D eigenvalue weighted by atomic mass is 9.93. The van der Waals surface area contributed by atoms with Gasteiger partial charge in [0.15, 0.2) is 0 Å². The van der Waals surface area contributed by atoms with Crippen molar-refractivity contribution < 1.29 is 9.90 Å². The number of aliphatic hydroxyl groups excluding tert-OH is 1.